The van der Waals surface area contributed by atoms with Gasteiger partial charge in [0.15, 0.2) is 0 Å². The number of carbonyl (C=O) groups excluding carboxylic acids is 1. The molecule has 0 aromatic heterocycles. The van der Waals surface area contributed by atoms with Crippen LogP contribution in [0.5, 0.6) is 0 Å². The molecule has 1 N–H and O–H groups in total. The van der Waals surface area contributed by atoms with Gasteiger partial charge in [0.05, 0.1) is 6.10 Å². The summed E-state index contributed by atoms with van der Waals surface area (Å²) >= 11 is 0. The van der Waals surface area contributed by atoms with Gasteiger partial charge in [0.1, 0.15) is 6.10 Å². The van der Waals surface area contributed by atoms with Gasteiger partial charge >= 0.3 is 0 Å². The topological polar surface area (TPSA) is 41.6 Å². The Balaban J connectivity index is 0.00000147. The lowest BCUT2D eigenvalue weighted by molar-refractivity contribution is -0.145. The van der Waals surface area contributed by atoms with Crippen LogP contribution >= 0.6 is 12.4 Å². The van der Waals surface area contributed by atoms with Crippen LogP contribution < -0.4 is 5.32 Å². The Kier molecular flexibility index (Phi) is 5.32. The van der Waals surface area contributed by atoms with E-state index in [0.29, 0.717) is 11.5 Å². The Hall–Kier alpha value is -0.320. The van der Waals surface area contributed by atoms with Crippen LogP contribution in [-0.4, -0.2) is 49.2 Å². The number of piperidine rings is 1. The van der Waals surface area contributed by atoms with Crippen molar-refractivity contribution in [1.29, 1.82) is 0 Å². The van der Waals surface area contributed by atoms with Crippen LogP contribution in [0.4, 0.5) is 0 Å². The molecular formula is C15H27ClN2O2. The van der Waals surface area contributed by atoms with Gasteiger partial charge in [-0.25, -0.2) is 0 Å². The minimum absolute atomic E-state index is 0. The van der Waals surface area contributed by atoms with Crippen molar-refractivity contribution in [2.75, 3.05) is 26.2 Å². The SMILES string of the molecule is CCC1CCC(C(=O)N2CCC3(CCNC3)CC2)O1.Cl. The van der Waals surface area contributed by atoms with E-state index in [1.54, 1.807) is 0 Å². The molecule has 20 heavy (non-hydrogen) atoms. The number of nitrogens with zero attached hydrogens (tertiary/aromatic N) is 1. The monoisotopic (exact) mass is 302 g/mol. The first kappa shape index (κ1) is 16.1. The highest BCUT2D eigenvalue weighted by Crippen LogP contribution is 2.37. The van der Waals surface area contributed by atoms with Crippen molar-refractivity contribution in [1.82, 2.24) is 10.2 Å². The van der Waals surface area contributed by atoms with E-state index in [0.717, 1.165) is 58.3 Å². The summed E-state index contributed by atoms with van der Waals surface area (Å²) in [6.07, 6.45) is 6.76. The van der Waals surface area contributed by atoms with Crippen LogP contribution in [0.2, 0.25) is 0 Å². The maximum absolute atomic E-state index is 12.5. The van der Waals surface area contributed by atoms with Gasteiger partial charge in [0.2, 0.25) is 0 Å². The Bertz CT molecular complexity index is 335. The molecule has 5 heteroatoms. The van der Waals surface area contributed by atoms with Gasteiger partial charge in [0.25, 0.3) is 5.91 Å². The first-order valence-corrected chi connectivity index (χ1v) is 7.87. The third-order valence-electron chi connectivity index (χ3n) is 5.31. The average molecular weight is 303 g/mol. The minimum Gasteiger partial charge on any atom is -0.365 e. The molecule has 3 saturated heterocycles. The number of ether oxygens (including phenoxy) is 1. The van der Waals surface area contributed by atoms with Crippen molar-refractivity contribution >= 4 is 18.3 Å². The molecule has 0 aliphatic carbocycles. The van der Waals surface area contributed by atoms with Crippen LogP contribution in [0.3, 0.4) is 0 Å². The second-order valence-corrected chi connectivity index (χ2v) is 6.48. The zero-order chi connectivity index (χ0) is 13.3. The molecule has 0 saturated carbocycles. The largest absolute Gasteiger partial charge is 0.365 e. The summed E-state index contributed by atoms with van der Waals surface area (Å²) in [6, 6.07) is 0. The highest BCUT2D eigenvalue weighted by molar-refractivity contribution is 5.85. The quantitative estimate of drug-likeness (QED) is 0.848. The third-order valence-corrected chi connectivity index (χ3v) is 5.31. The summed E-state index contributed by atoms with van der Waals surface area (Å²) in [4.78, 5) is 14.5. The summed E-state index contributed by atoms with van der Waals surface area (Å²) in [7, 11) is 0. The van der Waals surface area contributed by atoms with E-state index in [9.17, 15) is 4.79 Å². The molecule has 2 atom stereocenters. The van der Waals surface area contributed by atoms with E-state index in [-0.39, 0.29) is 24.4 Å². The predicted octanol–water partition coefficient (Wildman–Crippen LogP) is 1.97. The molecule has 116 valence electrons. The fraction of sp³-hybridized carbons (Fsp3) is 0.933. The fourth-order valence-corrected chi connectivity index (χ4v) is 3.82. The van der Waals surface area contributed by atoms with Gasteiger partial charge in [-0.3, -0.25) is 4.79 Å². The van der Waals surface area contributed by atoms with Gasteiger partial charge < -0.3 is 15.0 Å². The Labute approximate surface area is 128 Å². The fourth-order valence-electron chi connectivity index (χ4n) is 3.82. The van der Waals surface area contributed by atoms with Crippen LogP contribution in [0.1, 0.15) is 45.4 Å². The van der Waals surface area contributed by atoms with E-state index < -0.39 is 0 Å². The van der Waals surface area contributed by atoms with Crippen LogP contribution in [-0.2, 0) is 9.53 Å². The Morgan fingerprint density at radius 2 is 2.05 bits per heavy atom. The molecule has 1 spiro atoms. The molecule has 3 heterocycles. The highest BCUT2D eigenvalue weighted by Gasteiger charge is 2.40. The highest BCUT2D eigenvalue weighted by atomic mass is 35.5. The summed E-state index contributed by atoms with van der Waals surface area (Å²) in [5.74, 6) is 0.247. The molecule has 1 amide bonds. The van der Waals surface area contributed by atoms with Crippen LogP contribution in [0.25, 0.3) is 0 Å². The minimum atomic E-state index is -0.152. The number of hydrogen-bond acceptors (Lipinski definition) is 3. The maximum Gasteiger partial charge on any atom is 0.251 e. The zero-order valence-electron chi connectivity index (χ0n) is 12.4. The van der Waals surface area contributed by atoms with E-state index in [2.05, 4.69) is 12.2 Å². The smallest absolute Gasteiger partial charge is 0.251 e. The van der Waals surface area contributed by atoms with Crippen molar-refractivity contribution in [3.05, 3.63) is 0 Å². The Morgan fingerprint density at radius 1 is 1.30 bits per heavy atom. The van der Waals surface area contributed by atoms with Gasteiger partial charge in [0, 0.05) is 19.6 Å². The lowest BCUT2D eigenvalue weighted by Gasteiger charge is -2.39. The number of amides is 1. The van der Waals surface area contributed by atoms with Gasteiger partial charge in [-0.05, 0) is 50.5 Å². The molecule has 3 rings (SSSR count). The van der Waals surface area contributed by atoms with Gasteiger partial charge in [-0.2, -0.15) is 0 Å². The van der Waals surface area contributed by atoms with Gasteiger partial charge in [-0.15, -0.1) is 12.4 Å². The second-order valence-electron chi connectivity index (χ2n) is 6.48. The maximum atomic E-state index is 12.5. The molecular weight excluding hydrogens is 276 g/mol. The average Bonchev–Trinajstić information content (AvgIpc) is 3.08. The Morgan fingerprint density at radius 3 is 2.60 bits per heavy atom. The van der Waals surface area contributed by atoms with Crippen LogP contribution in [0.15, 0.2) is 0 Å². The summed E-state index contributed by atoms with van der Waals surface area (Å²) < 4.78 is 5.84. The number of halogens is 1. The normalized spacial score (nSPS) is 32.4. The van der Waals surface area contributed by atoms with E-state index in [1.165, 1.54) is 6.42 Å². The molecule has 4 nitrogen and oxygen atoms in total. The first-order valence-electron chi connectivity index (χ1n) is 7.87. The second kappa shape index (κ2) is 6.63. The van der Waals surface area contributed by atoms with E-state index >= 15 is 0 Å². The van der Waals surface area contributed by atoms with Crippen molar-refractivity contribution in [2.24, 2.45) is 5.41 Å². The van der Waals surface area contributed by atoms with Crippen molar-refractivity contribution < 1.29 is 9.53 Å². The van der Waals surface area contributed by atoms with Crippen LogP contribution in [0, 0.1) is 5.41 Å². The number of nitrogens with one attached hydrogen (secondary N) is 1. The molecule has 0 aromatic rings. The third kappa shape index (κ3) is 3.12. The summed E-state index contributed by atoms with van der Waals surface area (Å²) in [5, 5.41) is 3.47. The molecule has 3 fully saturated rings. The molecule has 0 bridgehead atoms. The molecule has 2 unspecified atom stereocenters. The lowest BCUT2D eigenvalue weighted by atomic mass is 9.78. The first-order chi connectivity index (χ1) is 9.22. The summed E-state index contributed by atoms with van der Waals surface area (Å²) in [6.45, 7) is 6.29. The van der Waals surface area contributed by atoms with Crippen molar-refractivity contribution in [2.45, 2.75) is 57.7 Å². The standard InChI is InChI=1S/C15H26N2O2.ClH/c1-2-12-3-4-13(19-12)14(18)17-9-6-15(7-10-17)5-8-16-11-15;/h12-13,16H,2-11H2,1H3;1H. The number of hydrogen-bond donors (Lipinski definition) is 1. The molecule has 3 aliphatic heterocycles. The number of likely N-dealkylation sites (tertiary alicyclic amines) is 1. The van der Waals surface area contributed by atoms with E-state index in [1.807, 2.05) is 4.90 Å². The number of carbonyl (C=O) groups is 1. The lowest BCUT2D eigenvalue weighted by Crippen LogP contribution is -2.47. The molecule has 0 radical (unpaired) electrons. The van der Waals surface area contributed by atoms with Gasteiger partial charge in [-0.1, -0.05) is 6.92 Å². The zero-order valence-corrected chi connectivity index (χ0v) is 13.2. The predicted molar refractivity (Wildman–Crippen MR) is 81.2 cm³/mol. The van der Waals surface area contributed by atoms with Crippen molar-refractivity contribution in [3.63, 3.8) is 0 Å². The molecule has 0 aromatic carbocycles. The molecule has 3 aliphatic rings. The summed E-state index contributed by atoms with van der Waals surface area (Å²) in [5.41, 5.74) is 0.485. The van der Waals surface area contributed by atoms with E-state index in [4.69, 9.17) is 4.74 Å². The number of rotatable bonds is 2. The van der Waals surface area contributed by atoms with Crippen molar-refractivity contribution in [3.8, 4) is 0 Å².